The van der Waals surface area contributed by atoms with E-state index < -0.39 is 0 Å². The Bertz CT molecular complexity index is 354. The average Bonchev–Trinajstić information content (AvgIpc) is 2.54. The summed E-state index contributed by atoms with van der Waals surface area (Å²) in [5.74, 6) is 1.97. The Balaban J connectivity index is 1.40. The average molecular weight is 311 g/mol. The molecule has 4 atom stereocenters. The lowest BCUT2D eigenvalue weighted by Crippen LogP contribution is -3.20. The smallest absolute Gasteiger partial charge is 0.166 e. The normalized spacial score (nSPS) is 36.4. The summed E-state index contributed by atoms with van der Waals surface area (Å²) in [6.45, 7) is 6.22. The molecule has 2 bridgehead atoms. The van der Waals surface area contributed by atoms with Gasteiger partial charge >= 0.3 is 0 Å². The lowest BCUT2D eigenvalue weighted by molar-refractivity contribution is -0.945. The molecule has 1 saturated carbocycles. The van der Waals surface area contributed by atoms with E-state index in [4.69, 9.17) is 12.2 Å². The Morgan fingerprint density at radius 2 is 2.00 bits per heavy atom. The number of nitrogens with one attached hydrogen (secondary N) is 3. The maximum absolute atomic E-state index is 5.50. The number of quaternary nitrogens is 1. The monoisotopic (exact) mass is 310 g/mol. The molecule has 1 aliphatic carbocycles. The van der Waals surface area contributed by atoms with Gasteiger partial charge in [0, 0.05) is 24.8 Å². The molecule has 0 aromatic carbocycles. The van der Waals surface area contributed by atoms with E-state index in [0.717, 1.165) is 29.5 Å². The molecule has 3 aliphatic heterocycles. The zero-order valence-corrected chi connectivity index (χ0v) is 14.3. The molecule has 0 spiro atoms. The molecule has 21 heavy (non-hydrogen) atoms. The van der Waals surface area contributed by atoms with Gasteiger partial charge in [-0.05, 0) is 37.4 Å². The summed E-state index contributed by atoms with van der Waals surface area (Å²) in [6, 6.07) is 1.41. The van der Waals surface area contributed by atoms with Crippen molar-refractivity contribution in [3.8, 4) is 0 Å². The van der Waals surface area contributed by atoms with E-state index >= 15 is 0 Å². The fourth-order valence-electron chi connectivity index (χ4n) is 4.83. The topological polar surface area (TPSA) is 28.5 Å². The first kappa shape index (κ1) is 15.5. The van der Waals surface area contributed by atoms with Crippen LogP contribution in [0.2, 0.25) is 0 Å². The Morgan fingerprint density at radius 1 is 1.19 bits per heavy atom. The third kappa shape index (κ3) is 3.89. The molecule has 3 nitrogen and oxygen atoms in total. The van der Waals surface area contributed by atoms with E-state index in [1.807, 2.05) is 4.90 Å². The highest BCUT2D eigenvalue weighted by Crippen LogP contribution is 2.28. The summed E-state index contributed by atoms with van der Waals surface area (Å²) >= 11 is 5.50. The predicted octanol–water partition coefficient (Wildman–Crippen LogP) is 1.49. The minimum atomic E-state index is 0.624. The van der Waals surface area contributed by atoms with Crippen molar-refractivity contribution in [1.82, 2.24) is 10.6 Å². The van der Waals surface area contributed by atoms with Crippen molar-refractivity contribution < 1.29 is 4.90 Å². The van der Waals surface area contributed by atoms with Gasteiger partial charge in [-0.1, -0.05) is 26.2 Å². The van der Waals surface area contributed by atoms with Gasteiger partial charge in [-0.15, -0.1) is 0 Å². The minimum Gasteiger partial charge on any atom is -0.360 e. The predicted molar refractivity (Wildman–Crippen MR) is 91.6 cm³/mol. The molecular weight excluding hydrogens is 278 g/mol. The molecule has 3 N–H and O–H groups in total. The van der Waals surface area contributed by atoms with E-state index in [1.165, 1.54) is 64.5 Å². The lowest BCUT2D eigenvalue weighted by atomic mass is 9.74. The number of fused-ring (bicyclic) bond motifs is 3. The summed E-state index contributed by atoms with van der Waals surface area (Å²) in [6.07, 6.45) is 10.9. The van der Waals surface area contributed by atoms with Crippen LogP contribution in [0.4, 0.5) is 0 Å². The zero-order chi connectivity index (χ0) is 14.7. The molecule has 120 valence electrons. The molecule has 0 radical (unpaired) electrons. The van der Waals surface area contributed by atoms with Crippen LogP contribution < -0.4 is 15.5 Å². The van der Waals surface area contributed by atoms with Crippen LogP contribution in [0, 0.1) is 11.8 Å². The van der Waals surface area contributed by atoms with Crippen LogP contribution in [0.3, 0.4) is 0 Å². The second-order valence-corrected chi connectivity index (χ2v) is 7.86. The van der Waals surface area contributed by atoms with Gasteiger partial charge < -0.3 is 15.5 Å². The summed E-state index contributed by atoms with van der Waals surface area (Å²) in [5, 5.41) is 7.95. The van der Waals surface area contributed by atoms with Crippen LogP contribution in [0.15, 0.2) is 0 Å². The highest BCUT2D eigenvalue weighted by Gasteiger charge is 2.42. The Hall–Kier alpha value is -0.350. The van der Waals surface area contributed by atoms with E-state index in [1.54, 1.807) is 0 Å². The molecule has 0 aromatic heterocycles. The first-order chi connectivity index (χ1) is 10.3. The Labute approximate surface area is 135 Å². The fraction of sp³-hybridized carbons (Fsp3) is 0.941. The molecular formula is C17H32N3S+. The molecule has 3 saturated heterocycles. The molecule has 0 aromatic rings. The first-order valence-corrected chi connectivity index (χ1v) is 9.56. The maximum atomic E-state index is 5.50. The third-order valence-corrected chi connectivity index (χ3v) is 6.43. The molecule has 0 amide bonds. The molecule has 4 fully saturated rings. The standard InChI is InChI=1S/C17H31N3S/c1-2-13-12-20-9-8-14(13)10-16(20)11-18-17(21)19-15-6-4-3-5-7-15/h13-16H,2-12H2,1H3,(H2,18,19,21)/p+1/t13-,14+,16+/m0/s1. The largest absolute Gasteiger partial charge is 0.360 e. The van der Waals surface area contributed by atoms with Gasteiger partial charge in [-0.25, -0.2) is 0 Å². The van der Waals surface area contributed by atoms with E-state index in [0.29, 0.717) is 6.04 Å². The Morgan fingerprint density at radius 3 is 2.67 bits per heavy atom. The second kappa shape index (κ2) is 7.28. The molecule has 1 unspecified atom stereocenters. The number of thiocarbonyl (C=S) groups is 1. The van der Waals surface area contributed by atoms with Crippen molar-refractivity contribution in [3.05, 3.63) is 0 Å². The number of hydrogen-bond acceptors (Lipinski definition) is 1. The number of rotatable bonds is 4. The van der Waals surface area contributed by atoms with E-state index in [2.05, 4.69) is 17.6 Å². The molecule has 4 aliphatic rings. The van der Waals surface area contributed by atoms with Gasteiger partial charge in [0.2, 0.25) is 0 Å². The van der Waals surface area contributed by atoms with Crippen molar-refractivity contribution >= 4 is 17.3 Å². The highest BCUT2D eigenvalue weighted by atomic mass is 32.1. The van der Waals surface area contributed by atoms with Gasteiger partial charge in [-0.3, -0.25) is 0 Å². The number of hydrogen-bond donors (Lipinski definition) is 3. The van der Waals surface area contributed by atoms with Crippen molar-refractivity contribution in [2.45, 2.75) is 70.4 Å². The maximum Gasteiger partial charge on any atom is 0.166 e. The highest BCUT2D eigenvalue weighted by molar-refractivity contribution is 7.80. The lowest BCUT2D eigenvalue weighted by Gasteiger charge is -2.47. The van der Waals surface area contributed by atoms with Crippen LogP contribution in [0.5, 0.6) is 0 Å². The van der Waals surface area contributed by atoms with Crippen molar-refractivity contribution in [2.75, 3.05) is 19.6 Å². The summed E-state index contributed by atoms with van der Waals surface area (Å²) in [7, 11) is 0. The van der Waals surface area contributed by atoms with Crippen LogP contribution in [-0.2, 0) is 0 Å². The first-order valence-electron chi connectivity index (χ1n) is 9.15. The Kier molecular flexibility index (Phi) is 5.38. The second-order valence-electron chi connectivity index (χ2n) is 7.45. The van der Waals surface area contributed by atoms with Crippen molar-refractivity contribution in [2.24, 2.45) is 11.8 Å². The van der Waals surface area contributed by atoms with Gasteiger partial charge in [0.15, 0.2) is 5.11 Å². The summed E-state index contributed by atoms with van der Waals surface area (Å²) < 4.78 is 0. The van der Waals surface area contributed by atoms with Crippen LogP contribution in [0.25, 0.3) is 0 Å². The van der Waals surface area contributed by atoms with Gasteiger partial charge in [0.1, 0.15) is 6.04 Å². The fourth-order valence-corrected chi connectivity index (χ4v) is 5.08. The summed E-state index contributed by atoms with van der Waals surface area (Å²) in [4.78, 5) is 1.83. The summed E-state index contributed by atoms with van der Waals surface area (Å²) in [5.41, 5.74) is 0. The van der Waals surface area contributed by atoms with Crippen LogP contribution in [0.1, 0.15) is 58.3 Å². The van der Waals surface area contributed by atoms with Gasteiger partial charge in [-0.2, -0.15) is 0 Å². The minimum absolute atomic E-state index is 0.624. The number of piperidine rings is 3. The van der Waals surface area contributed by atoms with E-state index in [9.17, 15) is 0 Å². The SMILES string of the molecule is CC[C@H]1C[NH+]2CC[C@@H]1C[C@@H]2CNC(=S)NC1CCCCC1. The van der Waals surface area contributed by atoms with Gasteiger partial charge in [0.05, 0.1) is 19.6 Å². The van der Waals surface area contributed by atoms with Crippen molar-refractivity contribution in [1.29, 1.82) is 0 Å². The van der Waals surface area contributed by atoms with Crippen LogP contribution in [-0.4, -0.2) is 36.8 Å². The van der Waals surface area contributed by atoms with Crippen LogP contribution >= 0.6 is 12.2 Å². The third-order valence-electron chi connectivity index (χ3n) is 6.17. The van der Waals surface area contributed by atoms with Crippen molar-refractivity contribution in [3.63, 3.8) is 0 Å². The molecule has 4 heteroatoms. The van der Waals surface area contributed by atoms with E-state index in [-0.39, 0.29) is 0 Å². The zero-order valence-electron chi connectivity index (χ0n) is 13.5. The quantitative estimate of drug-likeness (QED) is 0.687. The molecule has 4 rings (SSSR count). The van der Waals surface area contributed by atoms with Gasteiger partial charge in [0.25, 0.3) is 0 Å². The molecule has 3 heterocycles.